The number of aromatic nitrogens is 5. The zero-order valence-corrected chi connectivity index (χ0v) is 17.5. The SMILES string of the molecule is CC(C)n1cc(Nc2nc(CCC(C)(C)c3ccccc3)c3cc[nH]c3n2)cn1. The van der Waals surface area contributed by atoms with Crippen molar-refractivity contribution in [3.05, 3.63) is 66.2 Å². The van der Waals surface area contributed by atoms with E-state index in [1.54, 1.807) is 6.20 Å². The van der Waals surface area contributed by atoms with Gasteiger partial charge in [0.15, 0.2) is 0 Å². The second-order valence-electron chi connectivity index (χ2n) is 8.41. The van der Waals surface area contributed by atoms with E-state index in [0.29, 0.717) is 12.0 Å². The van der Waals surface area contributed by atoms with Crippen LogP contribution in [0.2, 0.25) is 0 Å². The molecule has 150 valence electrons. The van der Waals surface area contributed by atoms with Gasteiger partial charge in [-0.25, -0.2) is 4.98 Å². The summed E-state index contributed by atoms with van der Waals surface area (Å²) in [5.41, 5.74) is 4.21. The minimum Gasteiger partial charge on any atom is -0.346 e. The van der Waals surface area contributed by atoms with Gasteiger partial charge >= 0.3 is 0 Å². The Morgan fingerprint density at radius 3 is 2.62 bits per heavy atom. The molecule has 29 heavy (non-hydrogen) atoms. The Morgan fingerprint density at radius 2 is 1.90 bits per heavy atom. The molecule has 0 aliphatic carbocycles. The summed E-state index contributed by atoms with van der Waals surface area (Å²) in [4.78, 5) is 12.7. The molecular weight excluding hydrogens is 360 g/mol. The van der Waals surface area contributed by atoms with E-state index in [1.807, 2.05) is 17.1 Å². The molecule has 0 fully saturated rings. The highest BCUT2D eigenvalue weighted by Gasteiger charge is 2.21. The number of rotatable bonds is 7. The summed E-state index contributed by atoms with van der Waals surface area (Å²) in [5.74, 6) is 0.593. The summed E-state index contributed by atoms with van der Waals surface area (Å²) in [6, 6.07) is 13.0. The number of fused-ring (bicyclic) bond motifs is 1. The number of nitrogens with zero attached hydrogens (tertiary/aromatic N) is 4. The smallest absolute Gasteiger partial charge is 0.229 e. The fourth-order valence-electron chi connectivity index (χ4n) is 3.53. The minimum atomic E-state index is 0.0703. The Labute approximate surface area is 171 Å². The van der Waals surface area contributed by atoms with E-state index < -0.39 is 0 Å². The quantitative estimate of drug-likeness (QED) is 0.445. The number of hydrogen-bond acceptors (Lipinski definition) is 4. The average Bonchev–Trinajstić information content (AvgIpc) is 3.36. The van der Waals surface area contributed by atoms with Crippen LogP contribution >= 0.6 is 0 Å². The maximum absolute atomic E-state index is 4.84. The Balaban J connectivity index is 1.58. The lowest BCUT2D eigenvalue weighted by atomic mass is 9.80. The molecule has 4 aromatic rings. The molecule has 3 aromatic heterocycles. The first-order valence-corrected chi connectivity index (χ1v) is 10.1. The second-order valence-corrected chi connectivity index (χ2v) is 8.41. The fraction of sp³-hybridized carbons (Fsp3) is 0.348. The lowest BCUT2D eigenvalue weighted by molar-refractivity contribution is 0.478. The van der Waals surface area contributed by atoms with Crippen molar-refractivity contribution in [3.8, 4) is 0 Å². The molecule has 2 N–H and O–H groups in total. The molecule has 1 aromatic carbocycles. The van der Waals surface area contributed by atoms with Crippen LogP contribution in [0.15, 0.2) is 55.0 Å². The van der Waals surface area contributed by atoms with Crippen molar-refractivity contribution in [1.82, 2.24) is 24.7 Å². The molecule has 0 saturated carbocycles. The van der Waals surface area contributed by atoms with Crippen molar-refractivity contribution in [1.29, 1.82) is 0 Å². The first-order valence-electron chi connectivity index (χ1n) is 10.1. The number of benzene rings is 1. The molecule has 0 atom stereocenters. The largest absolute Gasteiger partial charge is 0.346 e. The van der Waals surface area contributed by atoms with Gasteiger partial charge in [0, 0.05) is 23.8 Å². The molecule has 6 heteroatoms. The van der Waals surface area contributed by atoms with Gasteiger partial charge in [0.25, 0.3) is 0 Å². The van der Waals surface area contributed by atoms with Crippen LogP contribution in [0.5, 0.6) is 0 Å². The van der Waals surface area contributed by atoms with Gasteiger partial charge in [-0.3, -0.25) is 4.68 Å². The third-order valence-corrected chi connectivity index (χ3v) is 5.42. The third kappa shape index (κ3) is 4.16. The molecule has 4 rings (SSSR count). The van der Waals surface area contributed by atoms with E-state index in [1.165, 1.54) is 5.56 Å². The number of anilines is 2. The maximum atomic E-state index is 4.84. The van der Waals surface area contributed by atoms with Crippen LogP contribution in [0.4, 0.5) is 11.6 Å². The van der Waals surface area contributed by atoms with Crippen molar-refractivity contribution in [2.24, 2.45) is 0 Å². The highest BCUT2D eigenvalue weighted by Crippen LogP contribution is 2.30. The van der Waals surface area contributed by atoms with Gasteiger partial charge in [0.2, 0.25) is 5.95 Å². The van der Waals surface area contributed by atoms with Gasteiger partial charge in [-0.05, 0) is 43.7 Å². The Morgan fingerprint density at radius 1 is 1.10 bits per heavy atom. The average molecular weight is 389 g/mol. The van der Waals surface area contributed by atoms with Gasteiger partial charge in [-0.1, -0.05) is 44.2 Å². The van der Waals surface area contributed by atoms with Crippen LogP contribution < -0.4 is 5.32 Å². The molecule has 0 bridgehead atoms. The number of H-pyrrole nitrogens is 1. The van der Waals surface area contributed by atoms with E-state index in [9.17, 15) is 0 Å². The molecule has 0 amide bonds. The predicted molar refractivity (Wildman–Crippen MR) is 118 cm³/mol. The normalized spacial score (nSPS) is 12.0. The van der Waals surface area contributed by atoms with Gasteiger partial charge in [-0.2, -0.15) is 10.1 Å². The molecule has 0 aliphatic heterocycles. The molecule has 0 radical (unpaired) electrons. The fourth-order valence-corrected chi connectivity index (χ4v) is 3.53. The lowest BCUT2D eigenvalue weighted by Crippen LogP contribution is -2.18. The summed E-state index contributed by atoms with van der Waals surface area (Å²) < 4.78 is 1.92. The van der Waals surface area contributed by atoms with E-state index in [2.05, 4.69) is 84.5 Å². The maximum Gasteiger partial charge on any atom is 0.229 e. The Bertz CT molecular complexity index is 1090. The highest BCUT2D eigenvalue weighted by molar-refractivity contribution is 5.79. The second kappa shape index (κ2) is 7.70. The van der Waals surface area contributed by atoms with E-state index >= 15 is 0 Å². The summed E-state index contributed by atoms with van der Waals surface area (Å²) in [7, 11) is 0. The zero-order chi connectivity index (χ0) is 20.4. The minimum absolute atomic E-state index is 0.0703. The van der Waals surface area contributed by atoms with Crippen molar-refractivity contribution in [3.63, 3.8) is 0 Å². The van der Waals surface area contributed by atoms with Crippen LogP contribution in [0.1, 0.15) is 51.4 Å². The molecule has 0 unspecified atom stereocenters. The molecule has 0 spiro atoms. The van der Waals surface area contributed by atoms with Crippen molar-refractivity contribution in [2.45, 2.75) is 52.0 Å². The molecule has 0 saturated heterocycles. The van der Waals surface area contributed by atoms with Gasteiger partial charge in [-0.15, -0.1) is 0 Å². The van der Waals surface area contributed by atoms with Crippen molar-refractivity contribution in [2.75, 3.05) is 5.32 Å². The number of nitrogens with one attached hydrogen (secondary N) is 2. The van der Waals surface area contributed by atoms with E-state index in [0.717, 1.165) is 35.3 Å². The van der Waals surface area contributed by atoms with Crippen LogP contribution in [0, 0.1) is 0 Å². The van der Waals surface area contributed by atoms with Crippen LogP contribution in [0.25, 0.3) is 11.0 Å². The number of aryl methyl sites for hydroxylation is 1. The number of hydrogen-bond donors (Lipinski definition) is 2. The van der Waals surface area contributed by atoms with Crippen LogP contribution in [0.3, 0.4) is 0 Å². The van der Waals surface area contributed by atoms with Crippen molar-refractivity contribution >= 4 is 22.7 Å². The first kappa shape index (κ1) is 19.2. The standard InChI is InChI=1S/C23H28N6/c1-16(2)29-15-18(14-25-29)26-22-27-20(19-11-13-24-21(19)28-22)10-12-23(3,4)17-8-6-5-7-9-17/h5-9,11,13-16H,10,12H2,1-4H3,(H2,24,26,27,28). The van der Waals surface area contributed by atoms with Crippen LogP contribution in [-0.2, 0) is 11.8 Å². The topological polar surface area (TPSA) is 71.4 Å². The lowest BCUT2D eigenvalue weighted by Gasteiger charge is -2.25. The Hall–Kier alpha value is -3.15. The molecule has 3 heterocycles. The van der Waals surface area contributed by atoms with Gasteiger partial charge in [0.1, 0.15) is 5.65 Å². The van der Waals surface area contributed by atoms with Crippen molar-refractivity contribution < 1.29 is 0 Å². The van der Waals surface area contributed by atoms with E-state index in [4.69, 9.17) is 4.98 Å². The van der Waals surface area contributed by atoms with Crippen LogP contribution in [-0.4, -0.2) is 24.7 Å². The van der Waals surface area contributed by atoms with E-state index in [-0.39, 0.29) is 5.41 Å². The predicted octanol–water partition coefficient (Wildman–Crippen LogP) is 5.39. The molecule has 6 nitrogen and oxygen atoms in total. The molecule has 0 aliphatic rings. The van der Waals surface area contributed by atoms with Gasteiger partial charge < -0.3 is 10.3 Å². The zero-order valence-electron chi connectivity index (χ0n) is 17.5. The highest BCUT2D eigenvalue weighted by atomic mass is 15.3. The third-order valence-electron chi connectivity index (χ3n) is 5.42. The summed E-state index contributed by atoms with van der Waals surface area (Å²) >= 11 is 0. The summed E-state index contributed by atoms with van der Waals surface area (Å²) in [5, 5.41) is 8.77. The monoisotopic (exact) mass is 388 g/mol. The number of aromatic amines is 1. The summed E-state index contributed by atoms with van der Waals surface area (Å²) in [6.07, 6.45) is 7.58. The summed E-state index contributed by atoms with van der Waals surface area (Å²) in [6.45, 7) is 8.78. The first-order chi connectivity index (χ1) is 13.9. The van der Waals surface area contributed by atoms with Gasteiger partial charge in [0.05, 0.1) is 17.6 Å². The Kier molecular flexibility index (Phi) is 5.09. The molecular formula is C23H28N6.